The summed E-state index contributed by atoms with van der Waals surface area (Å²) in [5.41, 5.74) is 1.50. The molecular weight excluding hydrogens is 512 g/mol. The summed E-state index contributed by atoms with van der Waals surface area (Å²) in [6, 6.07) is 8.95. The molecular formula is C16H12BrClINO4. The van der Waals surface area contributed by atoms with Crippen LogP contribution in [0.4, 0.5) is 5.69 Å². The highest BCUT2D eigenvalue weighted by molar-refractivity contribution is 14.1. The monoisotopic (exact) mass is 523 g/mol. The highest BCUT2D eigenvalue weighted by Crippen LogP contribution is 2.34. The topological polar surface area (TPSA) is 68.1 Å². The van der Waals surface area contributed by atoms with Gasteiger partial charge in [-0.15, -0.1) is 0 Å². The Morgan fingerprint density at radius 1 is 1.42 bits per heavy atom. The molecule has 0 saturated heterocycles. The molecule has 5 nitrogen and oxygen atoms in total. The summed E-state index contributed by atoms with van der Waals surface area (Å²) in [5.74, 6) is -0.214. The number of ether oxygens (including phenoxy) is 2. The van der Waals surface area contributed by atoms with Crippen LogP contribution in [0.5, 0.6) is 11.5 Å². The zero-order valence-electron chi connectivity index (χ0n) is 12.4. The predicted molar refractivity (Wildman–Crippen MR) is 105 cm³/mol. The summed E-state index contributed by atoms with van der Waals surface area (Å²) in [6.45, 7) is -0.433. The molecule has 0 amide bonds. The Hall–Kier alpha value is -1.32. The van der Waals surface area contributed by atoms with Gasteiger partial charge in [0.25, 0.3) is 0 Å². The Morgan fingerprint density at radius 3 is 2.79 bits per heavy atom. The van der Waals surface area contributed by atoms with Gasteiger partial charge in [-0.2, -0.15) is 0 Å². The van der Waals surface area contributed by atoms with Crippen molar-refractivity contribution >= 4 is 68.0 Å². The van der Waals surface area contributed by atoms with Crippen LogP contribution < -0.4 is 9.47 Å². The third-order valence-corrected chi connectivity index (χ3v) is 4.89. The molecule has 2 rings (SSSR count). The molecule has 0 aromatic heterocycles. The average molecular weight is 525 g/mol. The van der Waals surface area contributed by atoms with Crippen molar-refractivity contribution in [3.8, 4) is 11.5 Å². The molecule has 0 fully saturated rings. The Kier molecular flexibility index (Phi) is 6.88. The summed E-state index contributed by atoms with van der Waals surface area (Å²) in [4.78, 5) is 15.0. The Balaban J connectivity index is 2.27. The first kappa shape index (κ1) is 19.0. The molecule has 126 valence electrons. The van der Waals surface area contributed by atoms with E-state index in [4.69, 9.17) is 26.2 Å². The van der Waals surface area contributed by atoms with Gasteiger partial charge in [-0.25, -0.2) is 4.79 Å². The molecule has 0 radical (unpaired) electrons. The number of aliphatic imine (C=N–C) groups is 1. The molecule has 0 bridgehead atoms. The summed E-state index contributed by atoms with van der Waals surface area (Å²) in [6.07, 6.45) is 1.67. The lowest BCUT2D eigenvalue weighted by molar-refractivity contribution is -0.139. The number of nitrogens with zero attached hydrogens (tertiary/aromatic N) is 1. The SMILES string of the molecule is COc1cc(C=Nc2ccc(Br)c(Cl)c2)cc(I)c1OCC(=O)O. The molecule has 0 spiro atoms. The molecule has 0 unspecified atom stereocenters. The average Bonchev–Trinajstić information content (AvgIpc) is 2.54. The van der Waals surface area contributed by atoms with E-state index in [9.17, 15) is 4.79 Å². The van der Waals surface area contributed by atoms with Gasteiger partial charge in [-0.3, -0.25) is 4.99 Å². The van der Waals surface area contributed by atoms with E-state index in [1.807, 2.05) is 18.2 Å². The minimum Gasteiger partial charge on any atom is -0.493 e. The largest absolute Gasteiger partial charge is 0.493 e. The molecule has 24 heavy (non-hydrogen) atoms. The Bertz CT molecular complexity index is 798. The quantitative estimate of drug-likeness (QED) is 0.430. The second kappa shape index (κ2) is 8.68. The van der Waals surface area contributed by atoms with Crippen molar-refractivity contribution in [2.45, 2.75) is 0 Å². The lowest BCUT2D eigenvalue weighted by Crippen LogP contribution is -2.11. The van der Waals surface area contributed by atoms with Gasteiger partial charge in [-0.05, 0) is 74.4 Å². The van der Waals surface area contributed by atoms with Crippen molar-refractivity contribution in [1.29, 1.82) is 0 Å². The molecule has 0 aliphatic rings. The van der Waals surface area contributed by atoms with Gasteiger partial charge in [0.05, 0.1) is 21.4 Å². The maximum atomic E-state index is 10.7. The summed E-state index contributed by atoms with van der Waals surface area (Å²) >= 11 is 11.4. The summed E-state index contributed by atoms with van der Waals surface area (Å²) in [7, 11) is 1.49. The lowest BCUT2D eigenvalue weighted by Gasteiger charge is -2.12. The van der Waals surface area contributed by atoms with E-state index in [-0.39, 0.29) is 0 Å². The highest BCUT2D eigenvalue weighted by Gasteiger charge is 2.12. The molecule has 0 aliphatic heterocycles. The molecule has 0 heterocycles. The number of rotatable bonds is 6. The lowest BCUT2D eigenvalue weighted by atomic mass is 10.2. The predicted octanol–water partition coefficient (Wildman–Crippen LogP) is 4.93. The number of carbonyl (C=O) groups is 1. The molecule has 0 saturated carbocycles. The van der Waals surface area contributed by atoms with Crippen molar-refractivity contribution in [1.82, 2.24) is 0 Å². The second-order valence-corrected chi connectivity index (χ2v) is 7.00. The molecule has 1 N–H and O–H groups in total. The van der Waals surface area contributed by atoms with E-state index in [1.54, 1.807) is 18.3 Å². The van der Waals surface area contributed by atoms with Crippen molar-refractivity contribution < 1.29 is 19.4 Å². The molecule has 2 aromatic carbocycles. The van der Waals surface area contributed by atoms with E-state index < -0.39 is 12.6 Å². The number of carboxylic acids is 1. The van der Waals surface area contributed by atoms with E-state index in [2.05, 4.69) is 43.5 Å². The number of hydrogen-bond donors (Lipinski definition) is 1. The van der Waals surface area contributed by atoms with Crippen LogP contribution in [0, 0.1) is 3.57 Å². The minimum atomic E-state index is -1.05. The number of hydrogen-bond acceptors (Lipinski definition) is 4. The summed E-state index contributed by atoms with van der Waals surface area (Å²) < 4.78 is 12.1. The minimum absolute atomic E-state index is 0.393. The summed E-state index contributed by atoms with van der Waals surface area (Å²) in [5, 5.41) is 9.31. The van der Waals surface area contributed by atoms with Crippen LogP contribution in [0.1, 0.15) is 5.56 Å². The number of halogens is 3. The van der Waals surface area contributed by atoms with Crippen LogP contribution in [0.3, 0.4) is 0 Å². The van der Waals surface area contributed by atoms with E-state index in [0.717, 1.165) is 13.6 Å². The van der Waals surface area contributed by atoms with Crippen LogP contribution in [0.25, 0.3) is 0 Å². The van der Waals surface area contributed by atoms with Crippen LogP contribution in [0.2, 0.25) is 5.02 Å². The number of benzene rings is 2. The first-order valence-electron chi connectivity index (χ1n) is 6.62. The first-order chi connectivity index (χ1) is 11.4. The van der Waals surface area contributed by atoms with Crippen LogP contribution in [0.15, 0.2) is 39.8 Å². The Morgan fingerprint density at radius 2 is 2.17 bits per heavy atom. The zero-order valence-corrected chi connectivity index (χ0v) is 16.9. The fourth-order valence-electron chi connectivity index (χ4n) is 1.80. The number of methoxy groups -OCH3 is 1. The third kappa shape index (κ3) is 5.09. The number of aliphatic carboxylic acids is 1. The van der Waals surface area contributed by atoms with Crippen molar-refractivity contribution in [3.63, 3.8) is 0 Å². The van der Waals surface area contributed by atoms with E-state index in [1.165, 1.54) is 7.11 Å². The molecule has 0 atom stereocenters. The van der Waals surface area contributed by atoms with Gasteiger partial charge >= 0.3 is 5.97 Å². The second-order valence-electron chi connectivity index (χ2n) is 4.57. The highest BCUT2D eigenvalue weighted by atomic mass is 127. The fraction of sp³-hybridized carbons (Fsp3) is 0.125. The number of carboxylic acid groups (broad SMARTS) is 1. The normalized spacial score (nSPS) is 10.8. The van der Waals surface area contributed by atoms with Gasteiger partial charge < -0.3 is 14.6 Å². The fourth-order valence-corrected chi connectivity index (χ4v) is 3.01. The molecule has 2 aromatic rings. The maximum absolute atomic E-state index is 10.7. The van der Waals surface area contributed by atoms with Gasteiger partial charge in [0.15, 0.2) is 18.1 Å². The first-order valence-corrected chi connectivity index (χ1v) is 8.87. The smallest absolute Gasteiger partial charge is 0.341 e. The van der Waals surface area contributed by atoms with E-state index in [0.29, 0.717) is 22.2 Å². The van der Waals surface area contributed by atoms with Gasteiger partial charge in [0, 0.05) is 10.7 Å². The molecule has 8 heteroatoms. The van der Waals surface area contributed by atoms with Gasteiger partial charge in [-0.1, -0.05) is 11.6 Å². The van der Waals surface area contributed by atoms with Gasteiger partial charge in [0.1, 0.15) is 0 Å². The van der Waals surface area contributed by atoms with Crippen LogP contribution >= 0.6 is 50.1 Å². The van der Waals surface area contributed by atoms with Crippen LogP contribution in [-0.4, -0.2) is 31.0 Å². The third-order valence-electron chi connectivity index (χ3n) is 2.86. The van der Waals surface area contributed by atoms with Crippen LogP contribution in [-0.2, 0) is 4.79 Å². The maximum Gasteiger partial charge on any atom is 0.341 e. The molecule has 0 aliphatic carbocycles. The van der Waals surface area contributed by atoms with Crippen molar-refractivity contribution in [2.75, 3.05) is 13.7 Å². The van der Waals surface area contributed by atoms with Gasteiger partial charge in [0.2, 0.25) is 0 Å². The van der Waals surface area contributed by atoms with Crippen molar-refractivity contribution in [3.05, 3.63) is 49.0 Å². The van der Waals surface area contributed by atoms with E-state index >= 15 is 0 Å². The van der Waals surface area contributed by atoms with Crippen molar-refractivity contribution in [2.24, 2.45) is 4.99 Å². The zero-order chi connectivity index (χ0) is 17.7. The standard InChI is InChI=1S/C16H12BrClINO4/c1-23-14-5-9(4-13(19)16(14)24-8-15(21)22)7-20-10-2-3-11(17)12(18)6-10/h2-7H,8H2,1H3,(H,21,22). The Labute approximate surface area is 165 Å².